The van der Waals surface area contributed by atoms with Gasteiger partial charge >= 0.3 is 11.8 Å². The average Bonchev–Trinajstić information content (AvgIpc) is 2.61. The number of nitrogens with one attached hydrogen (secondary N) is 2. The van der Waals surface area contributed by atoms with Crippen LogP contribution in [0.25, 0.3) is 0 Å². The van der Waals surface area contributed by atoms with Gasteiger partial charge in [-0.25, -0.2) is 5.43 Å². The van der Waals surface area contributed by atoms with Crippen LogP contribution in [-0.2, 0) is 9.59 Å². The Balaban J connectivity index is 1.97. The van der Waals surface area contributed by atoms with E-state index in [1.54, 1.807) is 42.5 Å². The Morgan fingerprint density at radius 3 is 2.64 bits per heavy atom. The van der Waals surface area contributed by atoms with Gasteiger partial charge in [0, 0.05) is 15.7 Å². The Kier molecular flexibility index (Phi) is 6.91. The molecule has 0 unspecified atom stereocenters. The zero-order valence-corrected chi connectivity index (χ0v) is 14.8. The van der Waals surface area contributed by atoms with Gasteiger partial charge in [-0.05, 0) is 30.3 Å². The SMILES string of the molecule is C=CCOc1ccc(Br)cc1/C=N/NC(=O)C(=O)Nc1ccccc1. The van der Waals surface area contributed by atoms with Crippen molar-refractivity contribution in [3.8, 4) is 5.75 Å². The molecule has 2 rings (SSSR count). The number of benzene rings is 2. The van der Waals surface area contributed by atoms with Crippen LogP contribution >= 0.6 is 15.9 Å². The zero-order chi connectivity index (χ0) is 18.1. The fourth-order valence-electron chi connectivity index (χ4n) is 1.82. The number of rotatable bonds is 6. The van der Waals surface area contributed by atoms with Crippen molar-refractivity contribution in [2.75, 3.05) is 11.9 Å². The van der Waals surface area contributed by atoms with E-state index in [2.05, 4.69) is 38.4 Å². The monoisotopic (exact) mass is 401 g/mol. The van der Waals surface area contributed by atoms with E-state index in [-0.39, 0.29) is 0 Å². The summed E-state index contributed by atoms with van der Waals surface area (Å²) in [5, 5.41) is 6.27. The Morgan fingerprint density at radius 2 is 1.92 bits per heavy atom. The van der Waals surface area contributed by atoms with Crippen LogP contribution in [0.5, 0.6) is 5.75 Å². The highest BCUT2D eigenvalue weighted by atomic mass is 79.9. The molecule has 0 radical (unpaired) electrons. The van der Waals surface area contributed by atoms with Gasteiger partial charge in [-0.2, -0.15) is 5.10 Å². The van der Waals surface area contributed by atoms with Crippen LogP contribution in [0.4, 0.5) is 5.69 Å². The Bertz CT molecular complexity index is 791. The van der Waals surface area contributed by atoms with Gasteiger partial charge in [0.15, 0.2) is 0 Å². The van der Waals surface area contributed by atoms with Crippen molar-refractivity contribution < 1.29 is 14.3 Å². The van der Waals surface area contributed by atoms with E-state index in [1.165, 1.54) is 6.21 Å². The average molecular weight is 402 g/mol. The molecule has 2 amide bonds. The second-order valence-corrected chi connectivity index (χ2v) is 5.72. The number of nitrogens with zero attached hydrogens (tertiary/aromatic N) is 1. The molecule has 128 valence electrons. The highest BCUT2D eigenvalue weighted by Gasteiger charge is 2.12. The maximum Gasteiger partial charge on any atom is 0.329 e. The number of para-hydroxylation sites is 1. The van der Waals surface area contributed by atoms with Crippen molar-refractivity contribution in [1.82, 2.24) is 5.43 Å². The second-order valence-electron chi connectivity index (χ2n) is 4.80. The number of hydrogen-bond donors (Lipinski definition) is 2. The molecule has 0 aliphatic carbocycles. The van der Waals surface area contributed by atoms with E-state index < -0.39 is 11.8 Å². The molecule has 7 heteroatoms. The summed E-state index contributed by atoms with van der Waals surface area (Å²) in [5.41, 5.74) is 3.35. The van der Waals surface area contributed by atoms with E-state index in [1.807, 2.05) is 12.1 Å². The molecule has 2 aromatic carbocycles. The minimum Gasteiger partial charge on any atom is -0.489 e. The zero-order valence-electron chi connectivity index (χ0n) is 13.2. The highest BCUT2D eigenvalue weighted by molar-refractivity contribution is 9.10. The van der Waals surface area contributed by atoms with Crippen molar-refractivity contribution in [1.29, 1.82) is 0 Å². The molecule has 0 fully saturated rings. The predicted octanol–water partition coefficient (Wildman–Crippen LogP) is 3.10. The van der Waals surface area contributed by atoms with Crippen LogP contribution in [0.3, 0.4) is 0 Å². The van der Waals surface area contributed by atoms with Gasteiger partial charge in [0.05, 0.1) is 6.21 Å². The first-order chi connectivity index (χ1) is 12.1. The lowest BCUT2D eigenvalue weighted by Gasteiger charge is -2.07. The molecule has 0 aromatic heterocycles. The smallest absolute Gasteiger partial charge is 0.329 e. The quantitative estimate of drug-likeness (QED) is 0.337. The van der Waals surface area contributed by atoms with Gasteiger partial charge in [0.2, 0.25) is 0 Å². The number of hydrazone groups is 1. The van der Waals surface area contributed by atoms with Crippen LogP contribution in [0, 0.1) is 0 Å². The topological polar surface area (TPSA) is 79.8 Å². The number of anilines is 1. The van der Waals surface area contributed by atoms with E-state index in [4.69, 9.17) is 4.74 Å². The molecule has 2 aromatic rings. The minimum absolute atomic E-state index is 0.342. The predicted molar refractivity (Wildman–Crippen MR) is 101 cm³/mol. The summed E-state index contributed by atoms with van der Waals surface area (Å²) >= 11 is 3.36. The summed E-state index contributed by atoms with van der Waals surface area (Å²) in [6, 6.07) is 14.0. The van der Waals surface area contributed by atoms with Gasteiger partial charge in [-0.3, -0.25) is 9.59 Å². The summed E-state index contributed by atoms with van der Waals surface area (Å²) in [6.45, 7) is 3.93. The number of hydrogen-bond acceptors (Lipinski definition) is 4. The van der Waals surface area contributed by atoms with E-state index in [0.29, 0.717) is 23.6 Å². The maximum atomic E-state index is 11.8. The molecule has 0 bridgehead atoms. The molecule has 0 atom stereocenters. The van der Waals surface area contributed by atoms with Crippen molar-refractivity contribution in [2.45, 2.75) is 0 Å². The van der Waals surface area contributed by atoms with Crippen molar-refractivity contribution in [3.05, 3.63) is 71.2 Å². The van der Waals surface area contributed by atoms with Crippen molar-refractivity contribution in [2.24, 2.45) is 5.10 Å². The molecular formula is C18H16BrN3O3. The number of amides is 2. The third kappa shape index (κ3) is 5.89. The first-order valence-electron chi connectivity index (χ1n) is 7.33. The summed E-state index contributed by atoms with van der Waals surface area (Å²) in [6.07, 6.45) is 3.02. The molecule has 0 heterocycles. The van der Waals surface area contributed by atoms with E-state index in [9.17, 15) is 9.59 Å². The minimum atomic E-state index is -0.872. The molecule has 0 saturated carbocycles. The Labute approximate surface area is 153 Å². The standard InChI is InChI=1S/C18H16BrN3O3/c1-2-10-25-16-9-8-14(19)11-13(16)12-20-22-18(24)17(23)21-15-6-4-3-5-7-15/h2-9,11-12H,1,10H2,(H,21,23)(H,22,24)/b20-12+. The summed E-state index contributed by atoms with van der Waals surface area (Å²) < 4.78 is 6.33. The molecule has 0 aliphatic heterocycles. The second kappa shape index (κ2) is 9.39. The third-order valence-electron chi connectivity index (χ3n) is 2.94. The lowest BCUT2D eigenvalue weighted by molar-refractivity contribution is -0.136. The van der Waals surface area contributed by atoms with Gasteiger partial charge in [0.25, 0.3) is 0 Å². The van der Waals surface area contributed by atoms with Crippen LogP contribution in [-0.4, -0.2) is 24.6 Å². The van der Waals surface area contributed by atoms with Gasteiger partial charge < -0.3 is 10.1 Å². The molecule has 0 spiro atoms. The van der Waals surface area contributed by atoms with E-state index in [0.717, 1.165) is 4.47 Å². The number of ether oxygens (including phenoxy) is 1. The fourth-order valence-corrected chi connectivity index (χ4v) is 2.20. The van der Waals surface area contributed by atoms with Gasteiger partial charge in [-0.1, -0.05) is 46.8 Å². The van der Waals surface area contributed by atoms with Crippen LogP contribution in [0.1, 0.15) is 5.56 Å². The Morgan fingerprint density at radius 1 is 1.16 bits per heavy atom. The number of carbonyl (C=O) groups is 2. The fraction of sp³-hybridized carbons (Fsp3) is 0.0556. The molecule has 2 N–H and O–H groups in total. The van der Waals surface area contributed by atoms with Gasteiger partial charge in [0.1, 0.15) is 12.4 Å². The summed E-state index contributed by atoms with van der Waals surface area (Å²) in [4.78, 5) is 23.5. The normalized spacial score (nSPS) is 10.3. The lowest BCUT2D eigenvalue weighted by Crippen LogP contribution is -2.32. The summed E-state index contributed by atoms with van der Waals surface area (Å²) in [7, 11) is 0. The number of carbonyl (C=O) groups excluding carboxylic acids is 2. The summed E-state index contributed by atoms with van der Waals surface area (Å²) in [5.74, 6) is -1.10. The van der Waals surface area contributed by atoms with Crippen LogP contribution < -0.4 is 15.5 Å². The highest BCUT2D eigenvalue weighted by Crippen LogP contribution is 2.21. The lowest BCUT2D eigenvalue weighted by atomic mass is 10.2. The molecule has 0 saturated heterocycles. The largest absolute Gasteiger partial charge is 0.489 e. The molecule has 25 heavy (non-hydrogen) atoms. The van der Waals surface area contributed by atoms with Crippen molar-refractivity contribution >= 4 is 39.6 Å². The van der Waals surface area contributed by atoms with E-state index >= 15 is 0 Å². The van der Waals surface area contributed by atoms with Crippen LogP contribution in [0.2, 0.25) is 0 Å². The molecular weight excluding hydrogens is 386 g/mol. The van der Waals surface area contributed by atoms with Crippen LogP contribution in [0.15, 0.2) is 70.8 Å². The van der Waals surface area contributed by atoms with Crippen molar-refractivity contribution in [3.63, 3.8) is 0 Å². The first-order valence-corrected chi connectivity index (χ1v) is 8.12. The molecule has 0 aliphatic rings. The Hall–Kier alpha value is -2.93. The number of halogens is 1. The molecule has 6 nitrogen and oxygen atoms in total. The first kappa shape index (κ1) is 18.4. The van der Waals surface area contributed by atoms with Gasteiger partial charge in [-0.15, -0.1) is 0 Å². The maximum absolute atomic E-state index is 11.8. The third-order valence-corrected chi connectivity index (χ3v) is 3.43.